The van der Waals surface area contributed by atoms with Crippen LogP contribution in [-0.4, -0.2) is 16.0 Å². The molecule has 0 aliphatic rings. The number of carbonyl (C=O) groups excluding carboxylic acids is 1. The molecule has 0 aliphatic carbocycles. The highest BCUT2D eigenvalue weighted by atomic mass is 79.9. The summed E-state index contributed by atoms with van der Waals surface area (Å²) >= 11 is 3.33. The summed E-state index contributed by atoms with van der Waals surface area (Å²) in [7, 11) is 0. The monoisotopic (exact) mass is 320 g/mol. The minimum Gasteiger partial charge on any atom is -0.380 e. The van der Waals surface area contributed by atoms with E-state index >= 15 is 0 Å². The van der Waals surface area contributed by atoms with E-state index in [2.05, 4.69) is 20.9 Å². The molecule has 0 spiro atoms. The van der Waals surface area contributed by atoms with E-state index in [9.17, 15) is 9.90 Å². The fraction of sp³-hybridized carbons (Fsp3) is 0.143. The second-order valence-electron chi connectivity index (χ2n) is 4.25. The molecule has 5 heteroatoms. The number of hydrogen-bond donors (Lipinski definition) is 2. The average molecular weight is 321 g/mol. The van der Waals surface area contributed by atoms with Crippen molar-refractivity contribution in [2.75, 3.05) is 0 Å². The molecular weight excluding hydrogens is 308 g/mol. The maximum Gasteiger partial charge on any atom is 0.221 e. The molecule has 1 aromatic carbocycles. The Morgan fingerprint density at radius 1 is 1.26 bits per heavy atom. The van der Waals surface area contributed by atoms with Crippen LogP contribution in [0, 0.1) is 0 Å². The highest BCUT2D eigenvalue weighted by Gasteiger charge is 2.33. The van der Waals surface area contributed by atoms with Crippen LogP contribution in [0.1, 0.15) is 17.5 Å². The van der Waals surface area contributed by atoms with Gasteiger partial charge >= 0.3 is 0 Å². The van der Waals surface area contributed by atoms with Crippen molar-refractivity contribution in [2.45, 2.75) is 12.0 Å². The third-order valence-corrected chi connectivity index (χ3v) is 3.42. The van der Waals surface area contributed by atoms with Gasteiger partial charge < -0.3 is 10.8 Å². The summed E-state index contributed by atoms with van der Waals surface area (Å²) in [5.41, 5.74) is 4.93. The number of nitrogens with zero attached hydrogens (tertiary/aromatic N) is 1. The SMILES string of the molecule is NC(=O)CC(O)(c1ccc(Br)cc1)c1cccnc1. The maximum atomic E-state index is 11.3. The van der Waals surface area contributed by atoms with E-state index in [1.165, 1.54) is 6.20 Å². The number of aliphatic hydroxyl groups is 1. The first-order chi connectivity index (χ1) is 9.02. The van der Waals surface area contributed by atoms with Gasteiger partial charge in [0, 0.05) is 22.4 Å². The lowest BCUT2D eigenvalue weighted by molar-refractivity contribution is -0.121. The van der Waals surface area contributed by atoms with Crippen molar-refractivity contribution in [1.82, 2.24) is 4.98 Å². The van der Waals surface area contributed by atoms with Crippen molar-refractivity contribution in [3.05, 3.63) is 64.4 Å². The van der Waals surface area contributed by atoms with Crippen LogP contribution in [0.2, 0.25) is 0 Å². The fourth-order valence-corrected chi connectivity index (χ4v) is 2.22. The number of pyridine rings is 1. The van der Waals surface area contributed by atoms with Crippen LogP contribution in [0.25, 0.3) is 0 Å². The van der Waals surface area contributed by atoms with Gasteiger partial charge in [0.15, 0.2) is 0 Å². The number of amides is 1. The number of halogens is 1. The van der Waals surface area contributed by atoms with Gasteiger partial charge in [0.05, 0.1) is 6.42 Å². The summed E-state index contributed by atoms with van der Waals surface area (Å²) in [5.74, 6) is -0.575. The zero-order chi connectivity index (χ0) is 13.9. The van der Waals surface area contributed by atoms with Gasteiger partial charge in [-0.05, 0) is 23.8 Å². The third kappa shape index (κ3) is 3.00. The van der Waals surface area contributed by atoms with Crippen LogP contribution in [0.5, 0.6) is 0 Å². The van der Waals surface area contributed by atoms with Gasteiger partial charge in [0.2, 0.25) is 5.91 Å². The Hall–Kier alpha value is -1.72. The normalized spacial score (nSPS) is 13.8. The molecule has 0 radical (unpaired) electrons. The molecule has 0 fully saturated rings. The van der Waals surface area contributed by atoms with Crippen LogP contribution >= 0.6 is 15.9 Å². The Morgan fingerprint density at radius 3 is 2.47 bits per heavy atom. The summed E-state index contributed by atoms with van der Waals surface area (Å²) in [6, 6.07) is 10.5. The summed E-state index contributed by atoms with van der Waals surface area (Å²) in [5, 5.41) is 10.9. The first kappa shape index (κ1) is 13.7. The summed E-state index contributed by atoms with van der Waals surface area (Å²) < 4.78 is 0.892. The second-order valence-corrected chi connectivity index (χ2v) is 5.17. The minimum absolute atomic E-state index is 0.194. The Labute approximate surface area is 119 Å². The van der Waals surface area contributed by atoms with Gasteiger partial charge in [-0.1, -0.05) is 34.1 Å². The van der Waals surface area contributed by atoms with E-state index in [4.69, 9.17) is 5.73 Å². The van der Waals surface area contributed by atoms with E-state index in [1.54, 1.807) is 42.6 Å². The molecule has 1 unspecified atom stereocenters. The average Bonchev–Trinajstić information content (AvgIpc) is 2.39. The second kappa shape index (κ2) is 5.50. The van der Waals surface area contributed by atoms with E-state index in [0.717, 1.165) is 4.47 Å². The number of nitrogens with two attached hydrogens (primary N) is 1. The largest absolute Gasteiger partial charge is 0.380 e. The topological polar surface area (TPSA) is 76.2 Å². The molecule has 1 heterocycles. The van der Waals surface area contributed by atoms with Crippen LogP contribution in [0.4, 0.5) is 0 Å². The van der Waals surface area contributed by atoms with Gasteiger partial charge in [0.1, 0.15) is 5.60 Å². The van der Waals surface area contributed by atoms with Crippen LogP contribution in [0.3, 0.4) is 0 Å². The predicted octanol–water partition coefficient (Wildman–Crippen LogP) is 1.96. The number of benzene rings is 1. The van der Waals surface area contributed by atoms with Crippen molar-refractivity contribution in [3.8, 4) is 0 Å². The predicted molar refractivity (Wildman–Crippen MR) is 75.2 cm³/mol. The van der Waals surface area contributed by atoms with Gasteiger partial charge in [0.25, 0.3) is 0 Å². The number of aromatic nitrogens is 1. The van der Waals surface area contributed by atoms with Crippen molar-refractivity contribution in [2.24, 2.45) is 5.73 Å². The summed E-state index contributed by atoms with van der Waals surface area (Å²) in [6.45, 7) is 0. The third-order valence-electron chi connectivity index (χ3n) is 2.89. The van der Waals surface area contributed by atoms with Gasteiger partial charge in [-0.3, -0.25) is 9.78 Å². The molecule has 0 saturated heterocycles. The van der Waals surface area contributed by atoms with Crippen molar-refractivity contribution >= 4 is 21.8 Å². The fourth-order valence-electron chi connectivity index (χ4n) is 1.96. The van der Waals surface area contributed by atoms with Crippen molar-refractivity contribution in [3.63, 3.8) is 0 Å². The maximum absolute atomic E-state index is 11.3. The summed E-state index contributed by atoms with van der Waals surface area (Å²) in [4.78, 5) is 15.2. The molecule has 0 saturated carbocycles. The molecule has 1 aromatic heterocycles. The first-order valence-electron chi connectivity index (χ1n) is 5.69. The molecular formula is C14H13BrN2O2. The van der Waals surface area contributed by atoms with Crippen LogP contribution < -0.4 is 5.73 Å². The zero-order valence-corrected chi connectivity index (χ0v) is 11.7. The quantitative estimate of drug-likeness (QED) is 0.904. The smallest absolute Gasteiger partial charge is 0.221 e. The van der Waals surface area contributed by atoms with Crippen LogP contribution in [-0.2, 0) is 10.4 Å². The van der Waals surface area contributed by atoms with E-state index < -0.39 is 11.5 Å². The molecule has 4 nitrogen and oxygen atoms in total. The van der Waals surface area contributed by atoms with Crippen molar-refractivity contribution < 1.29 is 9.90 Å². The van der Waals surface area contributed by atoms with Gasteiger partial charge in [-0.15, -0.1) is 0 Å². The molecule has 3 N–H and O–H groups in total. The lowest BCUT2D eigenvalue weighted by Crippen LogP contribution is -2.33. The number of hydrogen-bond acceptors (Lipinski definition) is 3. The van der Waals surface area contributed by atoms with Gasteiger partial charge in [-0.25, -0.2) is 0 Å². The standard InChI is InChI=1S/C14H13BrN2O2/c15-12-5-3-10(4-6-12)14(19,8-13(16)18)11-2-1-7-17-9-11/h1-7,9,19H,8H2,(H2,16,18). The van der Waals surface area contributed by atoms with E-state index in [0.29, 0.717) is 11.1 Å². The minimum atomic E-state index is -1.46. The lowest BCUT2D eigenvalue weighted by Gasteiger charge is -2.27. The Morgan fingerprint density at radius 2 is 1.95 bits per heavy atom. The highest BCUT2D eigenvalue weighted by Crippen LogP contribution is 2.33. The highest BCUT2D eigenvalue weighted by molar-refractivity contribution is 9.10. The van der Waals surface area contributed by atoms with Crippen LogP contribution in [0.15, 0.2) is 53.3 Å². The van der Waals surface area contributed by atoms with E-state index in [-0.39, 0.29) is 6.42 Å². The Balaban J connectivity index is 2.51. The molecule has 2 aromatic rings. The molecule has 98 valence electrons. The first-order valence-corrected chi connectivity index (χ1v) is 6.49. The summed E-state index contributed by atoms with van der Waals surface area (Å²) in [6.07, 6.45) is 2.95. The van der Waals surface area contributed by atoms with Gasteiger partial charge in [-0.2, -0.15) is 0 Å². The molecule has 1 atom stereocenters. The molecule has 1 amide bonds. The zero-order valence-electron chi connectivity index (χ0n) is 10.1. The number of carbonyl (C=O) groups is 1. The Kier molecular flexibility index (Phi) is 3.97. The lowest BCUT2D eigenvalue weighted by atomic mass is 9.84. The molecule has 0 aliphatic heterocycles. The molecule has 19 heavy (non-hydrogen) atoms. The Bertz CT molecular complexity index is 572. The van der Waals surface area contributed by atoms with E-state index in [1.807, 2.05) is 0 Å². The number of primary amides is 1. The van der Waals surface area contributed by atoms with Crippen molar-refractivity contribution in [1.29, 1.82) is 0 Å². The molecule has 0 bridgehead atoms. The molecule has 2 rings (SSSR count). The number of rotatable bonds is 4.